The quantitative estimate of drug-likeness (QED) is 0.920. The molecule has 1 atom stereocenters. The van der Waals surface area contributed by atoms with Crippen LogP contribution in [0.1, 0.15) is 88.9 Å². The average Bonchev–Trinajstić information content (AvgIpc) is 3.06. The normalized spacial score (nSPS) is 23.3. The number of hydrogen-bond acceptors (Lipinski definition) is 4. The second-order valence-electron chi connectivity index (χ2n) is 7.13. The Morgan fingerprint density at radius 2 is 1.91 bits per heavy atom. The molecule has 128 valence electrons. The lowest BCUT2D eigenvalue weighted by Crippen LogP contribution is -2.48. The highest BCUT2D eigenvalue weighted by Crippen LogP contribution is 2.31. The minimum atomic E-state index is -0.0765. The van der Waals surface area contributed by atoms with Crippen LogP contribution < -0.4 is 5.32 Å². The van der Waals surface area contributed by atoms with Crippen molar-refractivity contribution in [2.24, 2.45) is 0 Å². The fourth-order valence-electron chi connectivity index (χ4n) is 3.55. The molecule has 0 aromatic carbocycles. The number of nitrogens with one attached hydrogen (secondary N) is 1. The Morgan fingerprint density at radius 3 is 2.61 bits per heavy atom. The molecule has 1 aromatic heterocycles. The van der Waals surface area contributed by atoms with Gasteiger partial charge in [0, 0.05) is 18.5 Å². The minimum Gasteiger partial charge on any atom is -0.337 e. The van der Waals surface area contributed by atoms with Crippen LogP contribution >= 0.6 is 0 Å². The van der Waals surface area contributed by atoms with Crippen LogP contribution in [-0.4, -0.2) is 33.7 Å². The van der Waals surface area contributed by atoms with Crippen molar-refractivity contribution < 1.29 is 9.32 Å². The van der Waals surface area contributed by atoms with Crippen LogP contribution in [0.3, 0.4) is 0 Å². The zero-order valence-electron chi connectivity index (χ0n) is 14.3. The Balaban J connectivity index is 1.68. The Bertz CT molecular complexity index is 522. The van der Waals surface area contributed by atoms with Crippen LogP contribution in [0.25, 0.3) is 0 Å². The second kappa shape index (κ2) is 7.32. The maximum absolute atomic E-state index is 12.7. The number of aromatic nitrogens is 2. The molecule has 1 unspecified atom stereocenters. The van der Waals surface area contributed by atoms with E-state index in [4.69, 9.17) is 4.52 Å². The fourth-order valence-corrected chi connectivity index (χ4v) is 3.55. The summed E-state index contributed by atoms with van der Waals surface area (Å²) in [5.41, 5.74) is 0. The van der Waals surface area contributed by atoms with Crippen LogP contribution in [0, 0.1) is 0 Å². The van der Waals surface area contributed by atoms with Crippen molar-refractivity contribution in [3.05, 3.63) is 11.7 Å². The molecular weight excluding hydrogens is 292 g/mol. The van der Waals surface area contributed by atoms with Gasteiger partial charge in [-0.05, 0) is 32.1 Å². The van der Waals surface area contributed by atoms with E-state index in [2.05, 4.69) is 15.5 Å². The first-order valence-electron chi connectivity index (χ1n) is 9.06. The maximum Gasteiger partial charge on any atom is 0.318 e. The molecule has 2 aliphatic rings. The number of nitrogens with zero attached hydrogens (tertiary/aromatic N) is 3. The van der Waals surface area contributed by atoms with Gasteiger partial charge in [0.25, 0.3) is 0 Å². The van der Waals surface area contributed by atoms with Crippen molar-refractivity contribution in [2.45, 2.75) is 83.2 Å². The molecule has 2 amide bonds. The van der Waals surface area contributed by atoms with E-state index < -0.39 is 0 Å². The molecule has 1 aliphatic carbocycles. The lowest BCUT2D eigenvalue weighted by molar-refractivity contribution is 0.127. The van der Waals surface area contributed by atoms with Crippen LogP contribution in [0.2, 0.25) is 0 Å². The Kier molecular flexibility index (Phi) is 5.18. The van der Waals surface area contributed by atoms with Gasteiger partial charge in [-0.3, -0.25) is 0 Å². The van der Waals surface area contributed by atoms with Crippen LogP contribution in [0.15, 0.2) is 4.52 Å². The molecule has 3 rings (SSSR count). The summed E-state index contributed by atoms with van der Waals surface area (Å²) < 4.78 is 5.45. The predicted octanol–water partition coefficient (Wildman–Crippen LogP) is 3.76. The molecule has 1 aliphatic heterocycles. The Hall–Kier alpha value is -1.59. The number of likely N-dealkylation sites (tertiary alicyclic amines) is 1. The van der Waals surface area contributed by atoms with Gasteiger partial charge in [0.1, 0.15) is 6.04 Å². The van der Waals surface area contributed by atoms with E-state index in [1.807, 2.05) is 18.7 Å². The largest absolute Gasteiger partial charge is 0.337 e. The minimum absolute atomic E-state index is 0.0332. The Labute approximate surface area is 138 Å². The summed E-state index contributed by atoms with van der Waals surface area (Å²) in [5.74, 6) is 1.55. The third-order valence-corrected chi connectivity index (χ3v) is 4.96. The summed E-state index contributed by atoms with van der Waals surface area (Å²) in [5, 5.41) is 7.27. The summed E-state index contributed by atoms with van der Waals surface area (Å²) in [4.78, 5) is 19.1. The zero-order chi connectivity index (χ0) is 16.2. The van der Waals surface area contributed by atoms with E-state index in [1.54, 1.807) is 0 Å². The first-order valence-corrected chi connectivity index (χ1v) is 9.06. The molecule has 6 heteroatoms. The smallest absolute Gasteiger partial charge is 0.318 e. The van der Waals surface area contributed by atoms with Gasteiger partial charge in [0.2, 0.25) is 5.89 Å². The van der Waals surface area contributed by atoms with Crippen molar-refractivity contribution in [3.63, 3.8) is 0 Å². The van der Waals surface area contributed by atoms with Crippen molar-refractivity contribution in [2.75, 3.05) is 6.54 Å². The van der Waals surface area contributed by atoms with E-state index in [1.165, 1.54) is 19.3 Å². The van der Waals surface area contributed by atoms with Gasteiger partial charge >= 0.3 is 6.03 Å². The van der Waals surface area contributed by atoms with E-state index in [0.717, 1.165) is 44.5 Å². The molecule has 0 radical (unpaired) electrons. The fraction of sp³-hybridized carbons (Fsp3) is 0.824. The molecule has 1 N–H and O–H groups in total. The Morgan fingerprint density at radius 1 is 1.17 bits per heavy atom. The predicted molar refractivity (Wildman–Crippen MR) is 87.1 cm³/mol. The van der Waals surface area contributed by atoms with E-state index in [9.17, 15) is 4.79 Å². The monoisotopic (exact) mass is 320 g/mol. The summed E-state index contributed by atoms with van der Waals surface area (Å²) in [7, 11) is 0. The van der Waals surface area contributed by atoms with Gasteiger partial charge in [0.15, 0.2) is 5.82 Å². The van der Waals surface area contributed by atoms with Crippen molar-refractivity contribution in [1.82, 2.24) is 20.4 Å². The number of rotatable bonds is 3. The average molecular weight is 320 g/mol. The highest BCUT2D eigenvalue weighted by atomic mass is 16.5. The number of hydrogen-bond donors (Lipinski definition) is 1. The standard InChI is InChI=1S/C17H28N4O2/c1-12(2)15-19-16(23-20-15)14-10-6-7-11-21(14)17(22)18-13-8-4-3-5-9-13/h12-14H,3-11H2,1-2H3,(H,18,22). The highest BCUT2D eigenvalue weighted by Gasteiger charge is 2.33. The molecule has 0 spiro atoms. The van der Waals surface area contributed by atoms with Gasteiger partial charge in [-0.15, -0.1) is 0 Å². The highest BCUT2D eigenvalue weighted by molar-refractivity contribution is 5.75. The van der Waals surface area contributed by atoms with E-state index in [-0.39, 0.29) is 18.0 Å². The molecular formula is C17H28N4O2. The number of urea groups is 1. The third-order valence-electron chi connectivity index (χ3n) is 4.96. The van der Waals surface area contributed by atoms with E-state index >= 15 is 0 Å². The molecule has 2 heterocycles. The lowest BCUT2D eigenvalue weighted by Gasteiger charge is -2.35. The van der Waals surface area contributed by atoms with Crippen molar-refractivity contribution in [1.29, 1.82) is 0 Å². The summed E-state index contributed by atoms with van der Waals surface area (Å²) in [6.45, 7) is 4.86. The van der Waals surface area contributed by atoms with Crippen LogP contribution in [0.5, 0.6) is 0 Å². The first kappa shape index (κ1) is 16.3. The summed E-state index contributed by atoms with van der Waals surface area (Å²) in [6.07, 6.45) is 8.96. The molecule has 2 fully saturated rings. The SMILES string of the molecule is CC(C)c1noc(C2CCCCN2C(=O)NC2CCCCC2)n1. The molecule has 23 heavy (non-hydrogen) atoms. The summed E-state index contributed by atoms with van der Waals surface area (Å²) in [6, 6.07) is 0.283. The first-order chi connectivity index (χ1) is 11.1. The molecule has 1 saturated carbocycles. The second-order valence-corrected chi connectivity index (χ2v) is 7.13. The van der Waals surface area contributed by atoms with Gasteiger partial charge < -0.3 is 14.7 Å². The lowest BCUT2D eigenvalue weighted by atomic mass is 9.95. The van der Waals surface area contributed by atoms with Crippen LogP contribution in [-0.2, 0) is 0 Å². The van der Waals surface area contributed by atoms with E-state index in [0.29, 0.717) is 11.9 Å². The van der Waals surface area contributed by atoms with Crippen LogP contribution in [0.4, 0.5) is 4.79 Å². The molecule has 1 saturated heterocycles. The number of amides is 2. The molecule has 1 aromatic rings. The third kappa shape index (κ3) is 3.85. The molecule has 6 nitrogen and oxygen atoms in total. The number of piperidine rings is 1. The van der Waals surface area contributed by atoms with Crippen molar-refractivity contribution in [3.8, 4) is 0 Å². The number of carbonyl (C=O) groups excluding carboxylic acids is 1. The van der Waals surface area contributed by atoms with Gasteiger partial charge in [-0.2, -0.15) is 4.98 Å². The summed E-state index contributed by atoms with van der Waals surface area (Å²) >= 11 is 0. The van der Waals surface area contributed by atoms with Gasteiger partial charge in [-0.25, -0.2) is 4.79 Å². The molecule has 0 bridgehead atoms. The topological polar surface area (TPSA) is 71.3 Å². The zero-order valence-corrected chi connectivity index (χ0v) is 14.3. The maximum atomic E-state index is 12.7. The number of carbonyl (C=O) groups is 1. The van der Waals surface area contributed by atoms with Crippen molar-refractivity contribution >= 4 is 6.03 Å². The van der Waals surface area contributed by atoms with Gasteiger partial charge in [0.05, 0.1) is 0 Å². The van der Waals surface area contributed by atoms with Gasteiger partial charge in [-0.1, -0.05) is 38.3 Å².